The molecule has 0 saturated heterocycles. The van der Waals surface area contributed by atoms with Gasteiger partial charge in [0.1, 0.15) is 5.82 Å². The first kappa shape index (κ1) is 16.0. The molecule has 3 rings (SSSR count). The third kappa shape index (κ3) is 3.54. The highest BCUT2D eigenvalue weighted by Crippen LogP contribution is 2.25. The number of aryl methyl sites for hydroxylation is 2. The number of nitrogens with zero attached hydrogens (tertiary/aromatic N) is 3. The Hall–Kier alpha value is -2.88. The van der Waals surface area contributed by atoms with Gasteiger partial charge in [-0.1, -0.05) is 30.3 Å². The van der Waals surface area contributed by atoms with Crippen LogP contribution in [0.1, 0.15) is 18.1 Å². The predicted octanol–water partition coefficient (Wildman–Crippen LogP) is 5.00. The number of anilines is 4. The fraction of sp³-hybridized carbons (Fsp3) is 0.200. The summed E-state index contributed by atoms with van der Waals surface area (Å²) in [6.07, 6.45) is 1.79. The van der Waals surface area contributed by atoms with Crippen molar-refractivity contribution in [3.63, 3.8) is 0 Å². The Morgan fingerprint density at radius 2 is 1.79 bits per heavy atom. The van der Waals surface area contributed by atoms with Crippen molar-refractivity contribution in [2.45, 2.75) is 20.8 Å². The number of para-hydroxylation sites is 1. The summed E-state index contributed by atoms with van der Waals surface area (Å²) >= 11 is 0. The van der Waals surface area contributed by atoms with Crippen LogP contribution in [-0.4, -0.2) is 16.5 Å². The van der Waals surface area contributed by atoms with E-state index in [2.05, 4.69) is 66.3 Å². The average molecular weight is 318 g/mol. The number of aromatic nitrogens is 2. The molecule has 1 aromatic heterocycles. The minimum atomic E-state index is 0.607. The molecule has 0 saturated carbocycles. The van der Waals surface area contributed by atoms with Crippen LogP contribution in [0.15, 0.2) is 60.8 Å². The summed E-state index contributed by atoms with van der Waals surface area (Å²) in [6.45, 7) is 7.11. The molecule has 0 radical (unpaired) electrons. The Labute approximate surface area is 143 Å². The van der Waals surface area contributed by atoms with Crippen molar-refractivity contribution in [1.29, 1.82) is 0 Å². The number of nitrogens with one attached hydrogen (secondary N) is 1. The zero-order valence-corrected chi connectivity index (χ0v) is 14.3. The van der Waals surface area contributed by atoms with Crippen LogP contribution in [0, 0.1) is 13.8 Å². The molecule has 0 aliphatic rings. The molecular formula is C20H22N4. The number of hydrogen-bond donors (Lipinski definition) is 1. The first-order valence-electron chi connectivity index (χ1n) is 8.17. The van der Waals surface area contributed by atoms with Crippen LogP contribution in [0.5, 0.6) is 0 Å². The van der Waals surface area contributed by atoms with E-state index in [0.29, 0.717) is 5.95 Å². The number of hydrogen-bond acceptors (Lipinski definition) is 4. The molecule has 4 nitrogen and oxygen atoms in total. The van der Waals surface area contributed by atoms with Gasteiger partial charge in [-0.05, 0) is 56.2 Å². The van der Waals surface area contributed by atoms with E-state index >= 15 is 0 Å². The van der Waals surface area contributed by atoms with Crippen molar-refractivity contribution < 1.29 is 0 Å². The van der Waals surface area contributed by atoms with Crippen LogP contribution < -0.4 is 10.2 Å². The molecule has 0 bridgehead atoms. The molecule has 24 heavy (non-hydrogen) atoms. The second kappa shape index (κ2) is 7.13. The van der Waals surface area contributed by atoms with Crippen molar-refractivity contribution in [2.75, 3.05) is 16.8 Å². The van der Waals surface area contributed by atoms with Gasteiger partial charge in [0.05, 0.1) is 0 Å². The molecule has 0 fully saturated rings. The molecule has 4 heteroatoms. The summed E-state index contributed by atoms with van der Waals surface area (Å²) in [5, 5.41) is 3.33. The Morgan fingerprint density at radius 3 is 2.54 bits per heavy atom. The quantitative estimate of drug-likeness (QED) is 0.719. The van der Waals surface area contributed by atoms with E-state index in [-0.39, 0.29) is 0 Å². The summed E-state index contributed by atoms with van der Waals surface area (Å²) in [6, 6.07) is 18.5. The van der Waals surface area contributed by atoms with E-state index in [4.69, 9.17) is 4.98 Å². The molecular weight excluding hydrogens is 296 g/mol. The summed E-state index contributed by atoms with van der Waals surface area (Å²) in [7, 11) is 0. The largest absolute Gasteiger partial charge is 0.327 e. The highest BCUT2D eigenvalue weighted by molar-refractivity contribution is 5.63. The second-order valence-corrected chi connectivity index (χ2v) is 5.76. The maximum Gasteiger partial charge on any atom is 0.229 e. The van der Waals surface area contributed by atoms with Gasteiger partial charge in [-0.25, -0.2) is 4.98 Å². The van der Waals surface area contributed by atoms with Crippen molar-refractivity contribution in [3.8, 4) is 0 Å². The fourth-order valence-electron chi connectivity index (χ4n) is 2.64. The first-order chi connectivity index (χ1) is 11.7. The second-order valence-electron chi connectivity index (χ2n) is 5.76. The van der Waals surface area contributed by atoms with Gasteiger partial charge in [0, 0.05) is 24.1 Å². The topological polar surface area (TPSA) is 41.1 Å². The van der Waals surface area contributed by atoms with Crippen molar-refractivity contribution in [3.05, 3.63) is 71.9 Å². The average Bonchev–Trinajstić information content (AvgIpc) is 2.60. The maximum absolute atomic E-state index is 4.69. The monoisotopic (exact) mass is 318 g/mol. The number of benzene rings is 2. The summed E-state index contributed by atoms with van der Waals surface area (Å²) < 4.78 is 0. The van der Waals surface area contributed by atoms with Crippen LogP contribution in [0.4, 0.5) is 23.1 Å². The van der Waals surface area contributed by atoms with Gasteiger partial charge in [0.15, 0.2) is 0 Å². The maximum atomic E-state index is 4.69. The van der Waals surface area contributed by atoms with E-state index in [0.717, 1.165) is 23.7 Å². The van der Waals surface area contributed by atoms with E-state index in [9.17, 15) is 0 Å². The lowest BCUT2D eigenvalue weighted by molar-refractivity contribution is 0.978. The molecule has 2 aromatic carbocycles. The Bertz CT molecular complexity index is 815. The van der Waals surface area contributed by atoms with Crippen LogP contribution in [0.2, 0.25) is 0 Å². The Kier molecular flexibility index (Phi) is 4.75. The summed E-state index contributed by atoms with van der Waals surface area (Å²) in [5.74, 6) is 1.49. The van der Waals surface area contributed by atoms with E-state index < -0.39 is 0 Å². The van der Waals surface area contributed by atoms with E-state index in [1.54, 1.807) is 6.20 Å². The van der Waals surface area contributed by atoms with Crippen molar-refractivity contribution in [1.82, 2.24) is 9.97 Å². The summed E-state index contributed by atoms with van der Waals surface area (Å²) in [4.78, 5) is 11.2. The lowest BCUT2D eigenvalue weighted by Crippen LogP contribution is -2.17. The minimum absolute atomic E-state index is 0.607. The Morgan fingerprint density at radius 1 is 1.00 bits per heavy atom. The predicted molar refractivity (Wildman–Crippen MR) is 100 cm³/mol. The lowest BCUT2D eigenvalue weighted by atomic mass is 10.1. The van der Waals surface area contributed by atoms with Gasteiger partial charge >= 0.3 is 0 Å². The van der Waals surface area contributed by atoms with Gasteiger partial charge in [-0.15, -0.1) is 0 Å². The molecule has 0 unspecified atom stereocenters. The lowest BCUT2D eigenvalue weighted by Gasteiger charge is -2.22. The van der Waals surface area contributed by atoms with Gasteiger partial charge in [0.2, 0.25) is 5.95 Å². The fourth-order valence-corrected chi connectivity index (χ4v) is 2.64. The molecule has 0 spiro atoms. The first-order valence-corrected chi connectivity index (χ1v) is 8.17. The SMILES string of the molecule is CCN(c1ccccc1)c1ccnc(Nc2cc(C)ccc2C)n1. The van der Waals surface area contributed by atoms with Gasteiger partial charge in [-0.3, -0.25) is 0 Å². The molecule has 0 amide bonds. The molecule has 0 aliphatic heterocycles. The van der Waals surface area contributed by atoms with E-state index in [1.165, 1.54) is 11.1 Å². The third-order valence-corrected chi connectivity index (χ3v) is 3.94. The van der Waals surface area contributed by atoms with Gasteiger partial charge in [0.25, 0.3) is 0 Å². The molecule has 0 atom stereocenters. The van der Waals surface area contributed by atoms with Crippen LogP contribution >= 0.6 is 0 Å². The molecule has 122 valence electrons. The van der Waals surface area contributed by atoms with Gasteiger partial charge < -0.3 is 10.2 Å². The van der Waals surface area contributed by atoms with Crippen LogP contribution in [0.3, 0.4) is 0 Å². The van der Waals surface area contributed by atoms with E-state index in [1.807, 2.05) is 24.3 Å². The molecule has 3 aromatic rings. The van der Waals surface area contributed by atoms with Gasteiger partial charge in [-0.2, -0.15) is 4.98 Å². The standard InChI is InChI=1S/C20H22N4/c1-4-24(17-8-6-5-7-9-17)19-12-13-21-20(23-19)22-18-14-15(2)10-11-16(18)3/h5-14H,4H2,1-3H3,(H,21,22,23). The van der Waals surface area contributed by atoms with Crippen molar-refractivity contribution in [2.24, 2.45) is 0 Å². The smallest absolute Gasteiger partial charge is 0.229 e. The van der Waals surface area contributed by atoms with Crippen LogP contribution in [-0.2, 0) is 0 Å². The molecule has 0 aliphatic carbocycles. The minimum Gasteiger partial charge on any atom is -0.327 e. The third-order valence-electron chi connectivity index (χ3n) is 3.94. The molecule has 1 N–H and O–H groups in total. The highest BCUT2D eigenvalue weighted by atomic mass is 15.2. The highest BCUT2D eigenvalue weighted by Gasteiger charge is 2.10. The Balaban J connectivity index is 1.90. The zero-order valence-electron chi connectivity index (χ0n) is 14.3. The molecule has 1 heterocycles. The normalized spacial score (nSPS) is 10.5. The van der Waals surface area contributed by atoms with Crippen molar-refractivity contribution >= 4 is 23.1 Å². The zero-order chi connectivity index (χ0) is 16.9. The number of rotatable bonds is 5. The summed E-state index contributed by atoms with van der Waals surface area (Å²) in [5.41, 5.74) is 4.54. The van der Waals surface area contributed by atoms with Crippen LogP contribution in [0.25, 0.3) is 0 Å².